The zero-order valence-electron chi connectivity index (χ0n) is 8.61. The molecule has 0 saturated heterocycles. The number of benzene rings is 1. The molecule has 1 rings (SSSR count). The first-order valence-electron chi connectivity index (χ1n) is 4.39. The first kappa shape index (κ1) is 11.4. The summed E-state index contributed by atoms with van der Waals surface area (Å²) >= 11 is 0. The van der Waals surface area contributed by atoms with E-state index in [1.807, 2.05) is 0 Å². The van der Waals surface area contributed by atoms with Gasteiger partial charge in [0.2, 0.25) is 0 Å². The van der Waals surface area contributed by atoms with E-state index in [1.165, 1.54) is 38.4 Å². The first-order chi connectivity index (χ1) is 7.13. The molecule has 0 saturated carbocycles. The molecule has 3 nitrogen and oxygen atoms in total. The summed E-state index contributed by atoms with van der Waals surface area (Å²) in [6, 6.07) is 5.98. The highest BCUT2D eigenvalue weighted by Crippen LogP contribution is 2.05. The summed E-state index contributed by atoms with van der Waals surface area (Å²) < 4.78 is 12.8. The molecular formula is C11H12FNO2. The lowest BCUT2D eigenvalue weighted by Crippen LogP contribution is -2.22. The maximum absolute atomic E-state index is 12.8. The van der Waals surface area contributed by atoms with Gasteiger partial charge in [0.25, 0.3) is 5.91 Å². The van der Waals surface area contributed by atoms with Crippen LogP contribution in [0.3, 0.4) is 0 Å². The Balaban J connectivity index is 2.69. The van der Waals surface area contributed by atoms with Crippen molar-refractivity contribution in [3.05, 3.63) is 41.7 Å². The summed E-state index contributed by atoms with van der Waals surface area (Å²) in [5, 5.41) is 1.08. The molecule has 0 aliphatic carbocycles. The molecule has 0 heterocycles. The predicted octanol–water partition coefficient (Wildman–Crippen LogP) is 1.86. The van der Waals surface area contributed by atoms with E-state index in [0.29, 0.717) is 5.56 Å². The van der Waals surface area contributed by atoms with E-state index in [-0.39, 0.29) is 11.7 Å². The summed E-state index contributed by atoms with van der Waals surface area (Å²) in [6.45, 7) is 0. The van der Waals surface area contributed by atoms with Crippen LogP contribution >= 0.6 is 0 Å². The van der Waals surface area contributed by atoms with Crippen molar-refractivity contribution in [2.45, 2.75) is 0 Å². The van der Waals surface area contributed by atoms with E-state index in [4.69, 9.17) is 0 Å². The molecule has 1 amide bonds. The highest BCUT2D eigenvalue weighted by Gasteiger charge is 2.01. The second kappa shape index (κ2) is 5.26. The normalized spacial score (nSPS) is 10.6. The Kier molecular flexibility index (Phi) is 4.00. The van der Waals surface area contributed by atoms with Crippen molar-refractivity contribution in [3.63, 3.8) is 0 Å². The molecule has 0 unspecified atom stereocenters. The minimum absolute atomic E-state index is 0.304. The molecule has 80 valence electrons. The molecule has 1 aromatic carbocycles. The Morgan fingerprint density at radius 1 is 1.53 bits per heavy atom. The minimum Gasteiger partial charge on any atom is -0.274 e. The first-order valence-corrected chi connectivity index (χ1v) is 4.39. The molecule has 0 aliphatic rings. The van der Waals surface area contributed by atoms with Crippen LogP contribution in [0.25, 0.3) is 6.08 Å². The van der Waals surface area contributed by atoms with Crippen LogP contribution in [0.2, 0.25) is 0 Å². The van der Waals surface area contributed by atoms with Crippen LogP contribution in [-0.2, 0) is 9.63 Å². The van der Waals surface area contributed by atoms with Gasteiger partial charge in [0.1, 0.15) is 5.82 Å². The van der Waals surface area contributed by atoms with Crippen molar-refractivity contribution in [1.29, 1.82) is 0 Å². The van der Waals surface area contributed by atoms with Crippen LogP contribution in [0.4, 0.5) is 4.39 Å². The zero-order chi connectivity index (χ0) is 11.3. The van der Waals surface area contributed by atoms with Crippen molar-refractivity contribution in [3.8, 4) is 0 Å². The number of rotatable bonds is 3. The van der Waals surface area contributed by atoms with Gasteiger partial charge in [-0.2, -0.15) is 0 Å². The molecule has 1 aromatic rings. The van der Waals surface area contributed by atoms with Gasteiger partial charge in [-0.05, 0) is 23.8 Å². The smallest absolute Gasteiger partial charge is 0.269 e. The van der Waals surface area contributed by atoms with Crippen molar-refractivity contribution >= 4 is 12.0 Å². The standard InChI is InChI=1S/C11H12FNO2/c1-13(15-2)11(14)7-6-9-4-3-5-10(12)8-9/h3-8H,1-2H3/b7-6-. The zero-order valence-corrected chi connectivity index (χ0v) is 8.61. The highest BCUT2D eigenvalue weighted by molar-refractivity contribution is 5.90. The number of halogens is 1. The van der Waals surface area contributed by atoms with Crippen LogP contribution in [0, 0.1) is 5.82 Å². The molecule has 0 atom stereocenters. The maximum Gasteiger partial charge on any atom is 0.269 e. The number of carbonyl (C=O) groups excluding carboxylic acids is 1. The second-order valence-corrected chi connectivity index (χ2v) is 2.91. The van der Waals surface area contributed by atoms with Gasteiger partial charge in [0, 0.05) is 13.1 Å². The fourth-order valence-corrected chi connectivity index (χ4v) is 0.973. The molecular weight excluding hydrogens is 197 g/mol. The SMILES string of the molecule is CON(C)C(=O)/C=C\c1cccc(F)c1. The van der Waals surface area contributed by atoms with Gasteiger partial charge in [-0.3, -0.25) is 9.63 Å². The fraction of sp³-hybridized carbons (Fsp3) is 0.182. The van der Waals surface area contributed by atoms with E-state index < -0.39 is 0 Å². The van der Waals surface area contributed by atoms with Gasteiger partial charge < -0.3 is 0 Å². The molecule has 0 fully saturated rings. The summed E-state index contributed by atoms with van der Waals surface area (Å²) in [4.78, 5) is 15.9. The Morgan fingerprint density at radius 2 is 2.27 bits per heavy atom. The van der Waals surface area contributed by atoms with Crippen LogP contribution < -0.4 is 0 Å². The largest absolute Gasteiger partial charge is 0.274 e. The highest BCUT2D eigenvalue weighted by atomic mass is 19.1. The molecule has 0 aromatic heterocycles. The Morgan fingerprint density at radius 3 is 2.87 bits per heavy atom. The molecule has 0 spiro atoms. The second-order valence-electron chi connectivity index (χ2n) is 2.91. The molecule has 0 N–H and O–H groups in total. The monoisotopic (exact) mass is 209 g/mol. The number of nitrogens with zero attached hydrogens (tertiary/aromatic N) is 1. The summed E-state index contributed by atoms with van der Waals surface area (Å²) in [7, 11) is 2.90. The van der Waals surface area contributed by atoms with Gasteiger partial charge in [-0.15, -0.1) is 0 Å². The molecule has 4 heteroatoms. The Labute approximate surface area is 87.7 Å². The molecule has 0 radical (unpaired) electrons. The number of hydroxylamine groups is 2. The topological polar surface area (TPSA) is 29.5 Å². The van der Waals surface area contributed by atoms with Crippen molar-refractivity contribution in [2.75, 3.05) is 14.2 Å². The van der Waals surface area contributed by atoms with Crippen LogP contribution in [0.15, 0.2) is 30.3 Å². The predicted molar refractivity (Wildman–Crippen MR) is 55.2 cm³/mol. The van der Waals surface area contributed by atoms with E-state index in [9.17, 15) is 9.18 Å². The number of hydrogen-bond donors (Lipinski definition) is 0. The number of hydrogen-bond acceptors (Lipinski definition) is 2. The lowest BCUT2D eigenvalue weighted by atomic mass is 10.2. The summed E-state index contributed by atoms with van der Waals surface area (Å²) in [6.07, 6.45) is 2.85. The van der Waals surface area contributed by atoms with E-state index in [0.717, 1.165) is 5.06 Å². The lowest BCUT2D eigenvalue weighted by molar-refractivity contribution is -0.162. The number of amides is 1. The Hall–Kier alpha value is -1.68. The average molecular weight is 209 g/mol. The van der Waals surface area contributed by atoms with Gasteiger partial charge >= 0.3 is 0 Å². The van der Waals surface area contributed by atoms with Crippen LogP contribution in [-0.4, -0.2) is 25.1 Å². The Bertz CT molecular complexity index is 377. The van der Waals surface area contributed by atoms with Crippen molar-refractivity contribution < 1.29 is 14.0 Å². The third kappa shape index (κ3) is 3.52. The summed E-state index contributed by atoms with van der Waals surface area (Å²) in [5.74, 6) is -0.633. The van der Waals surface area contributed by atoms with Gasteiger partial charge in [-0.1, -0.05) is 12.1 Å². The number of likely N-dealkylation sites (N-methyl/N-ethyl adjacent to an activating group) is 1. The quantitative estimate of drug-likeness (QED) is 0.561. The third-order valence-corrected chi connectivity index (χ3v) is 1.85. The minimum atomic E-state index is -0.329. The average Bonchev–Trinajstić information content (AvgIpc) is 2.25. The van der Waals surface area contributed by atoms with E-state index in [1.54, 1.807) is 12.1 Å². The van der Waals surface area contributed by atoms with Crippen molar-refractivity contribution in [2.24, 2.45) is 0 Å². The molecule has 15 heavy (non-hydrogen) atoms. The number of carbonyl (C=O) groups is 1. The van der Waals surface area contributed by atoms with Crippen molar-refractivity contribution in [1.82, 2.24) is 5.06 Å². The van der Waals surface area contributed by atoms with E-state index >= 15 is 0 Å². The van der Waals surface area contributed by atoms with Gasteiger partial charge in [-0.25, -0.2) is 9.45 Å². The van der Waals surface area contributed by atoms with Crippen LogP contribution in [0.5, 0.6) is 0 Å². The maximum atomic E-state index is 12.8. The fourth-order valence-electron chi connectivity index (χ4n) is 0.973. The van der Waals surface area contributed by atoms with E-state index in [2.05, 4.69) is 4.84 Å². The van der Waals surface area contributed by atoms with Gasteiger partial charge in [0.05, 0.1) is 7.11 Å². The van der Waals surface area contributed by atoms with Crippen LogP contribution in [0.1, 0.15) is 5.56 Å². The molecule has 0 bridgehead atoms. The molecule has 0 aliphatic heterocycles. The third-order valence-electron chi connectivity index (χ3n) is 1.85. The lowest BCUT2D eigenvalue weighted by Gasteiger charge is -2.09. The summed E-state index contributed by atoms with van der Waals surface area (Å²) in [5.41, 5.74) is 0.632. The van der Waals surface area contributed by atoms with Gasteiger partial charge in [0.15, 0.2) is 0 Å².